The first-order chi connectivity index (χ1) is 8.54. The Labute approximate surface area is 118 Å². The summed E-state index contributed by atoms with van der Waals surface area (Å²) >= 11 is 9.34. The third kappa shape index (κ3) is 2.28. The van der Waals surface area contributed by atoms with Crippen molar-refractivity contribution in [2.45, 2.75) is 13.5 Å². The van der Waals surface area contributed by atoms with E-state index in [4.69, 9.17) is 17.3 Å². The van der Waals surface area contributed by atoms with E-state index in [1.807, 2.05) is 6.92 Å². The van der Waals surface area contributed by atoms with Gasteiger partial charge in [-0.2, -0.15) is 5.10 Å². The molecule has 1 aromatic carbocycles. The van der Waals surface area contributed by atoms with Crippen molar-refractivity contribution in [3.63, 3.8) is 0 Å². The molecule has 2 rings (SSSR count). The Morgan fingerprint density at radius 2 is 2.28 bits per heavy atom. The van der Waals surface area contributed by atoms with E-state index in [9.17, 15) is 4.79 Å². The molecule has 2 N–H and O–H groups in total. The maximum absolute atomic E-state index is 12.4. The molecule has 0 unspecified atom stereocenters. The molecule has 1 aromatic heterocycles. The fourth-order valence-electron chi connectivity index (χ4n) is 1.67. The lowest BCUT2D eigenvalue weighted by Crippen LogP contribution is -2.11. The molecule has 94 valence electrons. The molecular weight excluding hydrogens is 318 g/mol. The van der Waals surface area contributed by atoms with Crippen LogP contribution in [0.4, 0.5) is 5.69 Å². The largest absolute Gasteiger partial charge is 0.399 e. The summed E-state index contributed by atoms with van der Waals surface area (Å²) in [6, 6.07) is 5.04. The summed E-state index contributed by atoms with van der Waals surface area (Å²) in [6.45, 7) is 2.48. The zero-order valence-corrected chi connectivity index (χ0v) is 12.0. The van der Waals surface area contributed by atoms with Crippen LogP contribution in [0.25, 0.3) is 0 Å². The van der Waals surface area contributed by atoms with Crippen LogP contribution < -0.4 is 5.73 Å². The number of halogens is 2. The number of hydrogen-bond donors (Lipinski definition) is 1. The van der Waals surface area contributed by atoms with Gasteiger partial charge >= 0.3 is 0 Å². The van der Waals surface area contributed by atoms with E-state index in [-0.39, 0.29) is 5.78 Å². The molecule has 0 aliphatic heterocycles. The van der Waals surface area contributed by atoms with E-state index in [1.165, 1.54) is 6.20 Å². The van der Waals surface area contributed by atoms with Crippen molar-refractivity contribution in [1.82, 2.24) is 9.78 Å². The summed E-state index contributed by atoms with van der Waals surface area (Å²) in [4.78, 5) is 12.4. The quantitative estimate of drug-likeness (QED) is 0.695. The molecule has 0 saturated heterocycles. The van der Waals surface area contributed by atoms with Gasteiger partial charge in [0, 0.05) is 22.3 Å². The molecule has 1 heterocycles. The SMILES string of the molecule is CCn1ncc(Cl)c1C(=O)c1ccc(N)cc1Br. The van der Waals surface area contributed by atoms with Crippen molar-refractivity contribution in [1.29, 1.82) is 0 Å². The molecule has 0 fully saturated rings. The number of nitrogens with zero attached hydrogens (tertiary/aromatic N) is 2. The van der Waals surface area contributed by atoms with E-state index in [2.05, 4.69) is 21.0 Å². The van der Waals surface area contributed by atoms with E-state index in [1.54, 1.807) is 22.9 Å². The number of nitrogens with two attached hydrogens (primary N) is 1. The van der Waals surface area contributed by atoms with Crippen LogP contribution in [0, 0.1) is 0 Å². The third-order valence-electron chi connectivity index (χ3n) is 2.55. The van der Waals surface area contributed by atoms with Gasteiger partial charge in [-0.05, 0) is 41.1 Å². The van der Waals surface area contributed by atoms with Crippen LogP contribution in [0.5, 0.6) is 0 Å². The average molecular weight is 329 g/mol. The van der Waals surface area contributed by atoms with Gasteiger partial charge in [-0.15, -0.1) is 0 Å². The standard InChI is InChI=1S/C12H11BrClN3O/c1-2-17-11(10(14)6-16-17)12(18)8-4-3-7(15)5-9(8)13/h3-6H,2,15H2,1H3. The monoisotopic (exact) mass is 327 g/mol. The number of ketones is 1. The molecule has 0 aliphatic carbocycles. The minimum absolute atomic E-state index is 0.175. The lowest BCUT2D eigenvalue weighted by atomic mass is 10.1. The van der Waals surface area contributed by atoms with E-state index in [0.717, 1.165) is 0 Å². The predicted octanol–water partition coefficient (Wildman–Crippen LogP) is 3.13. The minimum atomic E-state index is -0.175. The van der Waals surface area contributed by atoms with Crippen LogP contribution >= 0.6 is 27.5 Å². The molecule has 2 aromatic rings. The summed E-state index contributed by atoms with van der Waals surface area (Å²) in [5.41, 5.74) is 7.15. The third-order valence-corrected chi connectivity index (χ3v) is 3.48. The van der Waals surface area contributed by atoms with Gasteiger partial charge in [0.05, 0.1) is 11.2 Å². The van der Waals surface area contributed by atoms with E-state index in [0.29, 0.717) is 33.0 Å². The molecule has 0 aliphatic rings. The van der Waals surface area contributed by atoms with Crippen molar-refractivity contribution in [2.24, 2.45) is 0 Å². The molecular formula is C12H11BrClN3O. The number of benzene rings is 1. The Morgan fingerprint density at radius 3 is 2.89 bits per heavy atom. The van der Waals surface area contributed by atoms with Crippen LogP contribution in [0.15, 0.2) is 28.9 Å². The molecule has 0 saturated carbocycles. The average Bonchev–Trinajstić information content (AvgIpc) is 2.69. The highest BCUT2D eigenvalue weighted by molar-refractivity contribution is 9.10. The van der Waals surface area contributed by atoms with Gasteiger partial charge in [-0.25, -0.2) is 0 Å². The fourth-order valence-corrected chi connectivity index (χ4v) is 2.47. The van der Waals surface area contributed by atoms with Crippen molar-refractivity contribution in [3.05, 3.63) is 45.1 Å². The van der Waals surface area contributed by atoms with Crippen molar-refractivity contribution >= 4 is 39.0 Å². The maximum atomic E-state index is 12.4. The number of hydrogen-bond acceptors (Lipinski definition) is 3. The smallest absolute Gasteiger partial charge is 0.213 e. The molecule has 0 amide bonds. The Morgan fingerprint density at radius 1 is 1.56 bits per heavy atom. The van der Waals surface area contributed by atoms with Crippen LogP contribution in [0.3, 0.4) is 0 Å². The number of carbonyl (C=O) groups excluding carboxylic acids is 1. The van der Waals surface area contributed by atoms with Gasteiger partial charge in [0.15, 0.2) is 0 Å². The summed E-state index contributed by atoms with van der Waals surface area (Å²) in [5, 5.41) is 4.40. The second-order valence-electron chi connectivity index (χ2n) is 3.73. The number of carbonyl (C=O) groups is 1. The summed E-state index contributed by atoms with van der Waals surface area (Å²) in [5.74, 6) is -0.175. The number of nitrogen functional groups attached to an aromatic ring is 1. The van der Waals surface area contributed by atoms with Gasteiger partial charge in [-0.1, -0.05) is 11.6 Å². The lowest BCUT2D eigenvalue weighted by Gasteiger charge is -2.07. The second-order valence-corrected chi connectivity index (χ2v) is 4.99. The summed E-state index contributed by atoms with van der Waals surface area (Å²) in [6.07, 6.45) is 1.48. The van der Waals surface area contributed by atoms with Crippen LogP contribution in [0.2, 0.25) is 5.02 Å². The fraction of sp³-hybridized carbons (Fsp3) is 0.167. The Kier molecular flexibility index (Phi) is 3.73. The number of aryl methyl sites for hydroxylation is 1. The Hall–Kier alpha value is -1.33. The topological polar surface area (TPSA) is 60.9 Å². The van der Waals surface area contributed by atoms with Crippen molar-refractivity contribution in [3.8, 4) is 0 Å². The van der Waals surface area contributed by atoms with Gasteiger partial charge in [-0.3, -0.25) is 9.48 Å². The molecule has 0 radical (unpaired) electrons. The van der Waals surface area contributed by atoms with E-state index < -0.39 is 0 Å². The summed E-state index contributed by atoms with van der Waals surface area (Å²) in [7, 11) is 0. The van der Waals surface area contributed by atoms with Crippen LogP contribution in [0.1, 0.15) is 23.0 Å². The first kappa shape index (κ1) is 13.1. The normalized spacial score (nSPS) is 10.6. The van der Waals surface area contributed by atoms with Gasteiger partial charge < -0.3 is 5.73 Å². The van der Waals surface area contributed by atoms with Crippen molar-refractivity contribution in [2.75, 3.05) is 5.73 Å². The highest BCUT2D eigenvalue weighted by Gasteiger charge is 2.20. The highest BCUT2D eigenvalue weighted by Crippen LogP contribution is 2.25. The first-order valence-electron chi connectivity index (χ1n) is 5.35. The maximum Gasteiger partial charge on any atom is 0.213 e. The molecule has 4 nitrogen and oxygen atoms in total. The number of rotatable bonds is 3. The first-order valence-corrected chi connectivity index (χ1v) is 6.52. The van der Waals surface area contributed by atoms with Crippen LogP contribution in [-0.2, 0) is 6.54 Å². The zero-order valence-electron chi connectivity index (χ0n) is 9.65. The van der Waals surface area contributed by atoms with Crippen LogP contribution in [-0.4, -0.2) is 15.6 Å². The summed E-state index contributed by atoms with van der Waals surface area (Å²) < 4.78 is 2.22. The highest BCUT2D eigenvalue weighted by atomic mass is 79.9. The zero-order chi connectivity index (χ0) is 13.3. The molecule has 0 atom stereocenters. The molecule has 0 bridgehead atoms. The lowest BCUT2D eigenvalue weighted by molar-refractivity contribution is 0.102. The van der Waals surface area contributed by atoms with E-state index >= 15 is 0 Å². The predicted molar refractivity (Wildman–Crippen MR) is 74.9 cm³/mol. The van der Waals surface area contributed by atoms with Gasteiger partial charge in [0.1, 0.15) is 5.69 Å². The number of anilines is 1. The van der Waals surface area contributed by atoms with Gasteiger partial charge in [0.2, 0.25) is 5.78 Å². The molecule has 6 heteroatoms. The molecule has 0 spiro atoms. The second kappa shape index (κ2) is 5.12. The Balaban J connectivity index is 2.51. The Bertz CT molecular complexity index is 609. The van der Waals surface area contributed by atoms with Gasteiger partial charge in [0.25, 0.3) is 0 Å². The minimum Gasteiger partial charge on any atom is -0.399 e. The van der Waals surface area contributed by atoms with Crippen molar-refractivity contribution < 1.29 is 4.79 Å². The number of aromatic nitrogens is 2. The molecule has 18 heavy (non-hydrogen) atoms.